The summed E-state index contributed by atoms with van der Waals surface area (Å²) in [5.41, 5.74) is 1.39. The van der Waals surface area contributed by atoms with Crippen molar-refractivity contribution in [1.82, 2.24) is 4.72 Å². The highest BCUT2D eigenvalue weighted by molar-refractivity contribution is 9.10. The van der Waals surface area contributed by atoms with Crippen molar-refractivity contribution < 1.29 is 13.2 Å². The lowest BCUT2D eigenvalue weighted by Gasteiger charge is -2.18. The highest BCUT2D eigenvalue weighted by Crippen LogP contribution is 2.22. The van der Waals surface area contributed by atoms with Gasteiger partial charge in [0.25, 0.3) is 0 Å². The van der Waals surface area contributed by atoms with Gasteiger partial charge >= 0.3 is 0 Å². The number of carbonyl (C=O) groups is 1. The van der Waals surface area contributed by atoms with E-state index in [-0.39, 0.29) is 16.7 Å². The van der Waals surface area contributed by atoms with Crippen LogP contribution in [0.3, 0.4) is 0 Å². The first-order chi connectivity index (χ1) is 10.8. The number of sulfonamides is 1. The first-order valence-corrected chi connectivity index (χ1v) is 9.50. The van der Waals surface area contributed by atoms with Crippen molar-refractivity contribution in [2.45, 2.75) is 31.2 Å². The Morgan fingerprint density at radius 3 is 2.13 bits per heavy atom. The smallest absolute Gasteiger partial charge is 0.241 e. The summed E-state index contributed by atoms with van der Waals surface area (Å²) in [7, 11) is -3.65. The second-order valence-electron chi connectivity index (χ2n) is 5.21. The Morgan fingerprint density at radius 1 is 1.09 bits per heavy atom. The third-order valence-corrected chi connectivity index (χ3v) is 5.57. The Bertz CT molecular complexity index is 784. The van der Waals surface area contributed by atoms with E-state index in [4.69, 9.17) is 0 Å². The fourth-order valence-electron chi connectivity index (χ4n) is 2.21. The van der Waals surface area contributed by atoms with Gasteiger partial charge in [0.15, 0.2) is 5.78 Å². The molecule has 0 bridgehead atoms. The molecule has 4 nitrogen and oxygen atoms in total. The summed E-state index contributed by atoms with van der Waals surface area (Å²) in [4.78, 5) is 11.4. The molecule has 122 valence electrons. The molecular weight excluding hydrogens is 378 g/mol. The van der Waals surface area contributed by atoms with E-state index in [9.17, 15) is 13.2 Å². The summed E-state index contributed by atoms with van der Waals surface area (Å²) in [5.74, 6) is -0.0943. The number of hydrogen-bond donors (Lipinski definition) is 1. The maximum atomic E-state index is 12.5. The number of halogens is 1. The summed E-state index contributed by atoms with van der Waals surface area (Å²) < 4.78 is 28.7. The Kier molecular flexibility index (Phi) is 5.73. The molecule has 0 saturated heterocycles. The summed E-state index contributed by atoms with van der Waals surface area (Å²) in [6.45, 7) is 3.37. The molecule has 0 aliphatic rings. The number of Topliss-reactive ketones (excluding diaryl/α,β-unsaturated/α-hetero) is 1. The molecule has 0 heterocycles. The van der Waals surface area contributed by atoms with Crippen molar-refractivity contribution in [3.05, 3.63) is 64.1 Å². The molecule has 6 heteroatoms. The van der Waals surface area contributed by atoms with E-state index in [1.165, 1.54) is 31.2 Å². The van der Waals surface area contributed by atoms with Crippen LogP contribution >= 0.6 is 15.9 Å². The molecule has 0 amide bonds. The van der Waals surface area contributed by atoms with Crippen LogP contribution < -0.4 is 4.72 Å². The van der Waals surface area contributed by atoms with Gasteiger partial charge in [-0.25, -0.2) is 13.1 Å². The Balaban J connectivity index is 2.24. The standard InChI is InChI=1S/C17H18BrNO3S/c1-3-17(14-4-8-15(18)9-5-14)19-23(21,22)16-10-6-13(7-11-16)12(2)20/h4-11,17,19H,3H2,1-2H3/t17-/m1/s1. The van der Waals surface area contributed by atoms with E-state index in [2.05, 4.69) is 20.7 Å². The number of ketones is 1. The van der Waals surface area contributed by atoms with Gasteiger partial charge in [0.2, 0.25) is 10.0 Å². The summed E-state index contributed by atoms with van der Waals surface area (Å²) in [6.07, 6.45) is 0.631. The van der Waals surface area contributed by atoms with Gasteiger partial charge in [0.05, 0.1) is 4.90 Å². The van der Waals surface area contributed by atoms with Crippen LogP contribution in [0.4, 0.5) is 0 Å². The molecule has 2 rings (SSSR count). The van der Waals surface area contributed by atoms with Gasteiger partial charge in [-0.1, -0.05) is 47.1 Å². The van der Waals surface area contributed by atoms with Crippen LogP contribution in [0, 0.1) is 0 Å². The molecule has 0 aliphatic heterocycles. The lowest BCUT2D eigenvalue weighted by atomic mass is 10.1. The molecule has 0 aliphatic carbocycles. The van der Waals surface area contributed by atoms with Gasteiger partial charge in [0, 0.05) is 16.1 Å². The number of nitrogens with one attached hydrogen (secondary N) is 1. The average molecular weight is 396 g/mol. The predicted octanol–water partition coefficient (Wildman–Crippen LogP) is 4.08. The lowest BCUT2D eigenvalue weighted by molar-refractivity contribution is 0.101. The molecule has 2 aromatic carbocycles. The average Bonchev–Trinajstić information content (AvgIpc) is 2.53. The van der Waals surface area contributed by atoms with Crippen molar-refractivity contribution >= 4 is 31.7 Å². The number of benzene rings is 2. The van der Waals surface area contributed by atoms with Crippen LogP contribution in [-0.2, 0) is 10.0 Å². The SMILES string of the molecule is CC[C@@H](NS(=O)(=O)c1ccc(C(C)=O)cc1)c1ccc(Br)cc1. The molecular formula is C17H18BrNO3S. The fourth-order valence-corrected chi connectivity index (χ4v) is 3.78. The van der Waals surface area contributed by atoms with Crippen LogP contribution in [0.2, 0.25) is 0 Å². The summed E-state index contributed by atoms with van der Waals surface area (Å²) in [6, 6.07) is 13.2. The lowest BCUT2D eigenvalue weighted by Crippen LogP contribution is -2.28. The zero-order chi connectivity index (χ0) is 17.0. The maximum absolute atomic E-state index is 12.5. The van der Waals surface area contributed by atoms with Crippen LogP contribution in [0.25, 0.3) is 0 Å². The number of carbonyl (C=O) groups excluding carboxylic acids is 1. The summed E-state index contributed by atoms with van der Waals surface area (Å²) >= 11 is 3.37. The molecule has 0 aromatic heterocycles. The van der Waals surface area contributed by atoms with E-state index in [1.54, 1.807) is 0 Å². The molecule has 0 unspecified atom stereocenters. The first kappa shape index (κ1) is 17.8. The monoisotopic (exact) mass is 395 g/mol. The van der Waals surface area contributed by atoms with E-state index < -0.39 is 10.0 Å². The van der Waals surface area contributed by atoms with Gasteiger partial charge in [-0.15, -0.1) is 0 Å². The van der Waals surface area contributed by atoms with Crippen LogP contribution in [0.5, 0.6) is 0 Å². The van der Waals surface area contributed by atoms with Crippen molar-refractivity contribution in [2.24, 2.45) is 0 Å². The Labute approximate surface area is 145 Å². The molecule has 23 heavy (non-hydrogen) atoms. The second-order valence-corrected chi connectivity index (χ2v) is 7.84. The predicted molar refractivity (Wildman–Crippen MR) is 93.9 cm³/mol. The molecule has 0 fully saturated rings. The highest BCUT2D eigenvalue weighted by Gasteiger charge is 2.20. The third kappa shape index (κ3) is 4.50. The zero-order valence-corrected chi connectivity index (χ0v) is 15.3. The van der Waals surface area contributed by atoms with Crippen molar-refractivity contribution in [3.63, 3.8) is 0 Å². The fraction of sp³-hybridized carbons (Fsp3) is 0.235. The number of rotatable bonds is 6. The molecule has 1 N–H and O–H groups in total. The molecule has 0 saturated carbocycles. The van der Waals surface area contributed by atoms with E-state index in [1.807, 2.05) is 31.2 Å². The molecule has 2 aromatic rings. The van der Waals surface area contributed by atoms with Crippen LogP contribution in [0.15, 0.2) is 57.9 Å². The van der Waals surface area contributed by atoms with Crippen LogP contribution in [-0.4, -0.2) is 14.2 Å². The van der Waals surface area contributed by atoms with Gasteiger partial charge in [-0.05, 0) is 43.2 Å². The quantitative estimate of drug-likeness (QED) is 0.749. The zero-order valence-electron chi connectivity index (χ0n) is 12.9. The third-order valence-electron chi connectivity index (χ3n) is 3.55. The highest BCUT2D eigenvalue weighted by atomic mass is 79.9. The molecule has 1 atom stereocenters. The van der Waals surface area contributed by atoms with E-state index in [0.29, 0.717) is 12.0 Å². The minimum Gasteiger partial charge on any atom is -0.295 e. The van der Waals surface area contributed by atoms with Crippen molar-refractivity contribution in [1.29, 1.82) is 0 Å². The normalized spacial score (nSPS) is 12.8. The summed E-state index contributed by atoms with van der Waals surface area (Å²) in [5, 5.41) is 0. The van der Waals surface area contributed by atoms with Crippen molar-refractivity contribution in [2.75, 3.05) is 0 Å². The van der Waals surface area contributed by atoms with Gasteiger partial charge in [-0.2, -0.15) is 0 Å². The minimum atomic E-state index is -3.65. The minimum absolute atomic E-state index is 0.0943. The second kappa shape index (κ2) is 7.38. The van der Waals surface area contributed by atoms with Gasteiger partial charge < -0.3 is 0 Å². The topological polar surface area (TPSA) is 63.2 Å². The largest absolute Gasteiger partial charge is 0.295 e. The first-order valence-electron chi connectivity index (χ1n) is 7.22. The van der Waals surface area contributed by atoms with Crippen LogP contribution in [0.1, 0.15) is 42.2 Å². The number of hydrogen-bond acceptors (Lipinski definition) is 3. The van der Waals surface area contributed by atoms with Gasteiger partial charge in [0.1, 0.15) is 0 Å². The van der Waals surface area contributed by atoms with Gasteiger partial charge in [-0.3, -0.25) is 4.79 Å². The van der Waals surface area contributed by atoms with E-state index in [0.717, 1.165) is 10.0 Å². The molecule has 0 spiro atoms. The maximum Gasteiger partial charge on any atom is 0.241 e. The Morgan fingerprint density at radius 2 is 1.65 bits per heavy atom. The van der Waals surface area contributed by atoms with Crippen molar-refractivity contribution in [3.8, 4) is 0 Å². The molecule has 0 radical (unpaired) electrons. The Hall–Kier alpha value is -1.50. The van der Waals surface area contributed by atoms with E-state index >= 15 is 0 Å².